The van der Waals surface area contributed by atoms with Crippen LogP contribution in [-0.4, -0.2) is 25.2 Å². The summed E-state index contributed by atoms with van der Waals surface area (Å²) in [6, 6.07) is 12.1. The lowest BCUT2D eigenvalue weighted by Crippen LogP contribution is -2.45. The number of rotatable bonds is 5. The molecule has 1 atom stereocenters. The van der Waals surface area contributed by atoms with Crippen LogP contribution in [0.5, 0.6) is 0 Å². The highest BCUT2D eigenvalue weighted by Gasteiger charge is 2.22. The van der Waals surface area contributed by atoms with E-state index in [9.17, 15) is 14.0 Å². The molecule has 7 heteroatoms. The van der Waals surface area contributed by atoms with E-state index in [2.05, 4.69) is 15.4 Å². The monoisotopic (exact) mass is 350 g/mol. The molecule has 0 saturated heterocycles. The van der Waals surface area contributed by atoms with Gasteiger partial charge in [0.1, 0.15) is 11.9 Å². The van der Waals surface area contributed by atoms with Crippen LogP contribution in [0.1, 0.15) is 5.56 Å². The van der Waals surface area contributed by atoms with Gasteiger partial charge in [-0.2, -0.15) is 0 Å². The maximum Gasteiger partial charge on any atom is 0.407 e. The van der Waals surface area contributed by atoms with Crippen molar-refractivity contribution in [2.75, 3.05) is 12.4 Å². The van der Waals surface area contributed by atoms with Gasteiger partial charge in [-0.15, -0.1) is 0 Å². The summed E-state index contributed by atoms with van der Waals surface area (Å²) in [6.45, 7) is 0. The fraction of sp³-hybridized carbons (Fsp3) is 0.176. The maximum absolute atomic E-state index is 13.8. The highest BCUT2D eigenvalue weighted by Crippen LogP contribution is 2.19. The molecule has 0 aliphatic heterocycles. The predicted octanol–water partition coefficient (Wildman–Crippen LogP) is 3.38. The fourth-order valence-electron chi connectivity index (χ4n) is 2.07. The Morgan fingerprint density at radius 3 is 2.54 bits per heavy atom. The van der Waals surface area contributed by atoms with Crippen molar-refractivity contribution in [1.29, 1.82) is 0 Å². The van der Waals surface area contributed by atoms with Crippen molar-refractivity contribution in [3.63, 3.8) is 0 Å². The van der Waals surface area contributed by atoms with Gasteiger partial charge in [0, 0.05) is 11.4 Å². The minimum absolute atomic E-state index is 0.0193. The first kappa shape index (κ1) is 17.7. The molecule has 0 bridgehead atoms. The Kier molecular flexibility index (Phi) is 6.14. The lowest BCUT2D eigenvalue weighted by Gasteiger charge is -2.18. The van der Waals surface area contributed by atoms with Gasteiger partial charge in [0.2, 0.25) is 5.91 Å². The van der Waals surface area contributed by atoms with Gasteiger partial charge in [-0.05, 0) is 23.8 Å². The normalized spacial score (nSPS) is 11.5. The van der Waals surface area contributed by atoms with Crippen LogP contribution in [0.3, 0.4) is 0 Å². The first-order chi connectivity index (χ1) is 11.5. The minimum atomic E-state index is -0.921. The molecule has 24 heavy (non-hydrogen) atoms. The van der Waals surface area contributed by atoms with Crippen LogP contribution in [0.15, 0.2) is 48.5 Å². The lowest BCUT2D eigenvalue weighted by atomic mass is 10.1. The Morgan fingerprint density at radius 2 is 1.92 bits per heavy atom. The van der Waals surface area contributed by atoms with Crippen LogP contribution in [0.25, 0.3) is 0 Å². The van der Waals surface area contributed by atoms with Crippen molar-refractivity contribution in [1.82, 2.24) is 5.32 Å². The van der Waals surface area contributed by atoms with Gasteiger partial charge in [0.25, 0.3) is 0 Å². The summed E-state index contributed by atoms with van der Waals surface area (Å²) < 4.78 is 18.4. The molecule has 126 valence electrons. The third-order valence-electron chi connectivity index (χ3n) is 3.27. The zero-order valence-electron chi connectivity index (χ0n) is 12.9. The van der Waals surface area contributed by atoms with Crippen LogP contribution < -0.4 is 10.6 Å². The Morgan fingerprint density at radius 1 is 1.21 bits per heavy atom. The van der Waals surface area contributed by atoms with Crippen molar-refractivity contribution in [3.8, 4) is 0 Å². The van der Waals surface area contributed by atoms with Crippen molar-refractivity contribution in [2.24, 2.45) is 0 Å². The molecule has 0 aliphatic rings. The highest BCUT2D eigenvalue weighted by molar-refractivity contribution is 6.30. The average Bonchev–Trinajstić information content (AvgIpc) is 2.57. The number of amides is 2. The van der Waals surface area contributed by atoms with Gasteiger partial charge >= 0.3 is 6.09 Å². The molecule has 0 aliphatic carbocycles. The van der Waals surface area contributed by atoms with Crippen LogP contribution in [0.4, 0.5) is 14.9 Å². The van der Waals surface area contributed by atoms with Gasteiger partial charge in [-0.3, -0.25) is 4.79 Å². The van der Waals surface area contributed by atoms with Crippen molar-refractivity contribution in [3.05, 3.63) is 64.9 Å². The standard InChI is InChI=1S/C17H16ClFN2O3/c1-24-17(23)21-15(9-11-5-3-2-4-6-11)16(22)20-14-8-7-12(18)10-13(14)19/h2-8,10,15H,9H2,1H3,(H,20,22)(H,21,23). The Labute approximate surface area is 143 Å². The smallest absolute Gasteiger partial charge is 0.407 e. The number of benzene rings is 2. The number of halogens is 2. The summed E-state index contributed by atoms with van der Waals surface area (Å²) in [6.07, 6.45) is -0.514. The van der Waals surface area contributed by atoms with E-state index in [4.69, 9.17) is 11.6 Å². The summed E-state index contributed by atoms with van der Waals surface area (Å²) in [7, 11) is 1.20. The van der Waals surface area contributed by atoms with Crippen molar-refractivity contribution in [2.45, 2.75) is 12.5 Å². The Hall–Kier alpha value is -2.60. The zero-order valence-corrected chi connectivity index (χ0v) is 13.6. The first-order valence-electron chi connectivity index (χ1n) is 7.14. The summed E-state index contributed by atoms with van der Waals surface area (Å²) in [4.78, 5) is 23.9. The topological polar surface area (TPSA) is 67.4 Å². The van der Waals surface area contributed by atoms with Crippen LogP contribution in [0.2, 0.25) is 5.02 Å². The summed E-state index contributed by atoms with van der Waals surface area (Å²) in [5, 5.41) is 5.11. The molecule has 0 radical (unpaired) electrons. The van der Waals surface area contributed by atoms with Crippen LogP contribution in [-0.2, 0) is 16.0 Å². The molecule has 2 aromatic rings. The highest BCUT2D eigenvalue weighted by atomic mass is 35.5. The predicted molar refractivity (Wildman–Crippen MR) is 89.5 cm³/mol. The number of hydrogen-bond acceptors (Lipinski definition) is 3. The van der Waals surface area contributed by atoms with Crippen molar-refractivity contribution >= 4 is 29.3 Å². The van der Waals surface area contributed by atoms with Crippen molar-refractivity contribution < 1.29 is 18.7 Å². The lowest BCUT2D eigenvalue weighted by molar-refractivity contribution is -0.118. The number of methoxy groups -OCH3 is 1. The van der Waals surface area contributed by atoms with Gasteiger partial charge in [0.15, 0.2) is 0 Å². The minimum Gasteiger partial charge on any atom is -0.453 e. The Bertz CT molecular complexity index is 725. The van der Waals surface area contributed by atoms with E-state index in [0.717, 1.165) is 11.6 Å². The number of hydrogen-bond donors (Lipinski definition) is 2. The van der Waals surface area contributed by atoms with E-state index in [1.807, 2.05) is 30.3 Å². The third-order valence-corrected chi connectivity index (χ3v) is 3.50. The van der Waals surface area contributed by atoms with E-state index >= 15 is 0 Å². The second-order valence-corrected chi connectivity index (χ2v) is 5.43. The van der Waals surface area contributed by atoms with E-state index in [-0.39, 0.29) is 17.1 Å². The molecule has 0 saturated carbocycles. The SMILES string of the molecule is COC(=O)NC(Cc1ccccc1)C(=O)Nc1ccc(Cl)cc1F. The maximum atomic E-state index is 13.8. The molecule has 5 nitrogen and oxygen atoms in total. The number of ether oxygens (including phenoxy) is 1. The molecule has 0 fully saturated rings. The largest absolute Gasteiger partial charge is 0.453 e. The average molecular weight is 351 g/mol. The van der Waals surface area contributed by atoms with E-state index < -0.39 is 23.9 Å². The first-order valence-corrected chi connectivity index (χ1v) is 7.51. The molecule has 2 N–H and O–H groups in total. The molecule has 0 heterocycles. The Balaban J connectivity index is 2.15. The van der Waals surface area contributed by atoms with Gasteiger partial charge in [-0.1, -0.05) is 41.9 Å². The zero-order chi connectivity index (χ0) is 17.5. The van der Waals surface area contributed by atoms with Gasteiger partial charge < -0.3 is 15.4 Å². The van der Waals surface area contributed by atoms with E-state index in [1.165, 1.54) is 19.2 Å². The molecule has 2 rings (SSSR count). The van der Waals surface area contributed by atoms with Crippen LogP contribution in [0, 0.1) is 5.82 Å². The van der Waals surface area contributed by atoms with Gasteiger partial charge in [0.05, 0.1) is 12.8 Å². The number of carbonyl (C=O) groups excluding carboxylic acids is 2. The fourth-order valence-corrected chi connectivity index (χ4v) is 2.23. The summed E-state index contributed by atoms with van der Waals surface area (Å²) in [5.74, 6) is -1.22. The second kappa shape index (κ2) is 8.31. The van der Waals surface area contributed by atoms with E-state index in [1.54, 1.807) is 0 Å². The molecule has 1 unspecified atom stereocenters. The third kappa shape index (κ3) is 4.96. The molecule has 2 amide bonds. The molecule has 0 spiro atoms. The second-order valence-electron chi connectivity index (χ2n) is 4.99. The number of alkyl carbamates (subject to hydrolysis) is 1. The number of nitrogens with one attached hydrogen (secondary N) is 2. The molecular formula is C17H16ClFN2O3. The summed E-state index contributed by atoms with van der Waals surface area (Å²) in [5.41, 5.74) is 0.819. The molecule has 2 aromatic carbocycles. The van der Waals surface area contributed by atoms with Gasteiger partial charge in [-0.25, -0.2) is 9.18 Å². The quantitative estimate of drug-likeness (QED) is 0.868. The summed E-state index contributed by atoms with van der Waals surface area (Å²) >= 11 is 5.68. The molecular weight excluding hydrogens is 335 g/mol. The number of anilines is 1. The van der Waals surface area contributed by atoms with E-state index in [0.29, 0.717) is 0 Å². The van der Waals surface area contributed by atoms with Crippen LogP contribution >= 0.6 is 11.6 Å². The number of carbonyl (C=O) groups is 2. The molecule has 0 aromatic heterocycles.